The Morgan fingerprint density at radius 1 is 1.47 bits per heavy atom. The van der Waals surface area contributed by atoms with Crippen molar-refractivity contribution in [2.45, 2.75) is 23.8 Å². The Balaban J connectivity index is 1.76. The number of methoxy groups -OCH3 is 1. The van der Waals surface area contributed by atoms with E-state index in [0.29, 0.717) is 5.75 Å². The van der Waals surface area contributed by atoms with Crippen molar-refractivity contribution in [2.75, 3.05) is 26.1 Å². The van der Waals surface area contributed by atoms with Crippen molar-refractivity contribution in [3.8, 4) is 5.75 Å². The Morgan fingerprint density at radius 2 is 2.26 bits per heavy atom. The summed E-state index contributed by atoms with van der Waals surface area (Å²) in [5, 5.41) is 3.05. The maximum atomic E-state index is 11.8. The van der Waals surface area contributed by atoms with Crippen LogP contribution in [0.2, 0.25) is 0 Å². The zero-order valence-corrected chi connectivity index (χ0v) is 11.9. The van der Waals surface area contributed by atoms with Gasteiger partial charge in [-0.1, -0.05) is 6.07 Å². The summed E-state index contributed by atoms with van der Waals surface area (Å²) < 4.78 is 10.4. The van der Waals surface area contributed by atoms with Crippen molar-refractivity contribution in [3.05, 3.63) is 24.3 Å². The lowest BCUT2D eigenvalue weighted by Gasteiger charge is -2.23. The Hall–Kier alpha value is -1.20. The van der Waals surface area contributed by atoms with Crippen LogP contribution < -0.4 is 10.1 Å². The molecule has 1 saturated heterocycles. The third-order valence-electron chi connectivity index (χ3n) is 3.00. The molecule has 2 rings (SSSR count). The number of carbonyl (C=O) groups excluding carboxylic acids is 1. The number of carbonyl (C=O) groups is 1. The zero-order valence-electron chi connectivity index (χ0n) is 11.1. The normalized spacial score (nSPS) is 16.1. The number of rotatable bonds is 5. The van der Waals surface area contributed by atoms with Gasteiger partial charge >= 0.3 is 0 Å². The summed E-state index contributed by atoms with van der Waals surface area (Å²) in [5.74, 6) is 1.33. The third-order valence-corrected chi connectivity index (χ3v) is 3.99. The molecule has 5 heteroatoms. The Kier molecular flexibility index (Phi) is 5.54. The van der Waals surface area contributed by atoms with Crippen LogP contribution in [-0.4, -0.2) is 38.0 Å². The molecular formula is C14H19NO3S. The predicted octanol–water partition coefficient (Wildman–Crippen LogP) is 2.08. The monoisotopic (exact) mass is 281 g/mol. The molecule has 0 atom stereocenters. The van der Waals surface area contributed by atoms with E-state index in [1.165, 1.54) is 11.8 Å². The molecule has 0 saturated carbocycles. The summed E-state index contributed by atoms with van der Waals surface area (Å²) in [7, 11) is 1.64. The summed E-state index contributed by atoms with van der Waals surface area (Å²) >= 11 is 1.52. The average molecular weight is 281 g/mol. The zero-order chi connectivity index (χ0) is 13.5. The highest BCUT2D eigenvalue weighted by Crippen LogP contribution is 2.22. The molecule has 0 aromatic heterocycles. The quantitative estimate of drug-likeness (QED) is 0.840. The first-order valence-electron chi connectivity index (χ1n) is 6.42. The van der Waals surface area contributed by atoms with Gasteiger partial charge in [-0.3, -0.25) is 4.79 Å². The molecule has 4 nitrogen and oxygen atoms in total. The molecule has 1 aliphatic rings. The molecule has 1 aromatic carbocycles. The lowest BCUT2D eigenvalue weighted by Crippen LogP contribution is -2.39. The van der Waals surface area contributed by atoms with Crippen LogP contribution in [0.5, 0.6) is 5.75 Å². The summed E-state index contributed by atoms with van der Waals surface area (Å²) in [5.41, 5.74) is 0. The van der Waals surface area contributed by atoms with Crippen LogP contribution in [0.25, 0.3) is 0 Å². The topological polar surface area (TPSA) is 47.6 Å². The van der Waals surface area contributed by atoms with Gasteiger partial charge in [0.15, 0.2) is 0 Å². The van der Waals surface area contributed by atoms with Crippen LogP contribution in [0.4, 0.5) is 0 Å². The van der Waals surface area contributed by atoms with Gasteiger partial charge in [-0.05, 0) is 31.0 Å². The minimum Gasteiger partial charge on any atom is -0.497 e. The highest BCUT2D eigenvalue weighted by molar-refractivity contribution is 8.00. The molecule has 1 N–H and O–H groups in total. The van der Waals surface area contributed by atoms with Crippen LogP contribution in [0.15, 0.2) is 29.2 Å². The van der Waals surface area contributed by atoms with Crippen molar-refractivity contribution >= 4 is 17.7 Å². The molecule has 0 radical (unpaired) electrons. The van der Waals surface area contributed by atoms with E-state index >= 15 is 0 Å². The Bertz CT molecular complexity index is 419. The molecule has 0 aliphatic carbocycles. The van der Waals surface area contributed by atoms with Gasteiger partial charge in [-0.25, -0.2) is 0 Å². The van der Waals surface area contributed by atoms with E-state index in [2.05, 4.69) is 5.32 Å². The first-order chi connectivity index (χ1) is 9.28. The van der Waals surface area contributed by atoms with Crippen molar-refractivity contribution in [3.63, 3.8) is 0 Å². The van der Waals surface area contributed by atoms with Gasteiger partial charge in [0, 0.05) is 24.2 Å². The first kappa shape index (κ1) is 14.2. The molecule has 0 unspecified atom stereocenters. The fourth-order valence-corrected chi connectivity index (χ4v) is 2.71. The van der Waals surface area contributed by atoms with Gasteiger partial charge in [-0.2, -0.15) is 0 Å². The minimum atomic E-state index is 0.0831. The van der Waals surface area contributed by atoms with E-state index in [4.69, 9.17) is 9.47 Å². The molecule has 1 aliphatic heterocycles. The first-order valence-corrected chi connectivity index (χ1v) is 7.40. The Morgan fingerprint density at radius 3 is 3.00 bits per heavy atom. The van der Waals surface area contributed by atoms with Crippen molar-refractivity contribution in [1.29, 1.82) is 0 Å². The van der Waals surface area contributed by atoms with E-state index in [1.807, 2.05) is 24.3 Å². The number of thioether (sulfide) groups is 1. The summed E-state index contributed by atoms with van der Waals surface area (Å²) in [6, 6.07) is 8.01. The van der Waals surface area contributed by atoms with E-state index in [-0.39, 0.29) is 11.9 Å². The highest BCUT2D eigenvalue weighted by Gasteiger charge is 2.15. The fourth-order valence-electron chi connectivity index (χ4n) is 1.95. The second-order valence-corrected chi connectivity index (χ2v) is 5.47. The highest BCUT2D eigenvalue weighted by atomic mass is 32.2. The van der Waals surface area contributed by atoms with Crippen molar-refractivity contribution < 1.29 is 14.3 Å². The molecule has 0 bridgehead atoms. The lowest BCUT2D eigenvalue weighted by molar-refractivity contribution is -0.119. The largest absolute Gasteiger partial charge is 0.497 e. The second kappa shape index (κ2) is 7.40. The number of nitrogens with one attached hydrogen (secondary N) is 1. The number of ether oxygens (including phenoxy) is 2. The molecule has 1 aromatic rings. The summed E-state index contributed by atoms with van der Waals surface area (Å²) in [6.45, 7) is 1.49. The Labute approximate surface area is 117 Å². The van der Waals surface area contributed by atoms with Crippen LogP contribution in [0, 0.1) is 0 Å². The van der Waals surface area contributed by atoms with Crippen LogP contribution >= 0.6 is 11.8 Å². The molecule has 1 fully saturated rings. The summed E-state index contributed by atoms with van der Waals surface area (Å²) in [4.78, 5) is 12.9. The van der Waals surface area contributed by atoms with Crippen molar-refractivity contribution in [1.82, 2.24) is 5.32 Å². The number of amides is 1. The van der Waals surface area contributed by atoms with Gasteiger partial charge in [0.05, 0.1) is 12.9 Å². The predicted molar refractivity (Wildman–Crippen MR) is 75.7 cm³/mol. The van der Waals surface area contributed by atoms with E-state index < -0.39 is 0 Å². The van der Waals surface area contributed by atoms with E-state index in [0.717, 1.165) is 36.7 Å². The third kappa shape index (κ3) is 4.76. The smallest absolute Gasteiger partial charge is 0.230 e. The van der Waals surface area contributed by atoms with E-state index in [1.54, 1.807) is 7.11 Å². The van der Waals surface area contributed by atoms with Gasteiger partial charge in [0.2, 0.25) is 5.91 Å². The number of benzene rings is 1. The maximum Gasteiger partial charge on any atom is 0.230 e. The number of hydrogen-bond donors (Lipinski definition) is 1. The van der Waals surface area contributed by atoms with E-state index in [9.17, 15) is 4.79 Å². The lowest BCUT2D eigenvalue weighted by atomic mass is 10.1. The minimum absolute atomic E-state index is 0.0831. The van der Waals surface area contributed by atoms with Crippen molar-refractivity contribution in [2.24, 2.45) is 0 Å². The standard InChI is InChI=1S/C14H19NO3S/c1-17-12-3-2-4-13(9-12)19-10-14(16)15-11-5-7-18-8-6-11/h2-4,9,11H,5-8,10H2,1H3,(H,15,16). The molecule has 1 amide bonds. The van der Waals surface area contributed by atoms with Crippen LogP contribution in [0.3, 0.4) is 0 Å². The van der Waals surface area contributed by atoms with Gasteiger partial charge in [0.25, 0.3) is 0 Å². The van der Waals surface area contributed by atoms with Gasteiger partial charge < -0.3 is 14.8 Å². The van der Waals surface area contributed by atoms with Crippen LogP contribution in [-0.2, 0) is 9.53 Å². The molecule has 0 spiro atoms. The molecule has 19 heavy (non-hydrogen) atoms. The average Bonchev–Trinajstić information content (AvgIpc) is 2.46. The van der Waals surface area contributed by atoms with Gasteiger partial charge in [-0.15, -0.1) is 11.8 Å². The molecule has 1 heterocycles. The summed E-state index contributed by atoms with van der Waals surface area (Å²) in [6.07, 6.45) is 1.82. The SMILES string of the molecule is COc1cccc(SCC(=O)NC2CCOCC2)c1. The number of hydrogen-bond acceptors (Lipinski definition) is 4. The maximum absolute atomic E-state index is 11.8. The fraction of sp³-hybridized carbons (Fsp3) is 0.500. The van der Waals surface area contributed by atoms with Crippen LogP contribution in [0.1, 0.15) is 12.8 Å². The van der Waals surface area contributed by atoms with Gasteiger partial charge in [0.1, 0.15) is 5.75 Å². The molecular weight excluding hydrogens is 262 g/mol. The molecule has 104 valence electrons. The second-order valence-electron chi connectivity index (χ2n) is 4.42.